The molecule has 0 fully saturated rings. The largest absolute Gasteiger partial charge is 0.504 e. The van der Waals surface area contributed by atoms with Crippen molar-refractivity contribution in [3.8, 4) is 5.75 Å². The van der Waals surface area contributed by atoms with Gasteiger partial charge in [-0.05, 0) is 56.9 Å². The molecule has 1 aromatic carbocycles. The molecule has 90 valence electrons. The second-order valence-electron chi connectivity index (χ2n) is 4.54. The first-order chi connectivity index (χ1) is 7.86. The van der Waals surface area contributed by atoms with Crippen molar-refractivity contribution in [3.63, 3.8) is 0 Å². The summed E-state index contributed by atoms with van der Waals surface area (Å²) in [6.45, 7) is 9.38. The van der Waals surface area contributed by atoms with Gasteiger partial charge in [-0.25, -0.2) is 4.79 Å². The molecule has 0 radical (unpaired) electrons. The zero-order chi connectivity index (χ0) is 12.9. The van der Waals surface area contributed by atoms with Crippen molar-refractivity contribution in [3.05, 3.63) is 38.4 Å². The zero-order valence-electron chi connectivity index (χ0n) is 10.8. The van der Waals surface area contributed by atoms with E-state index in [4.69, 9.17) is 4.42 Å². The maximum Gasteiger partial charge on any atom is 0.344 e. The van der Waals surface area contributed by atoms with E-state index in [2.05, 4.69) is 0 Å². The minimum absolute atomic E-state index is 0.0725. The third-order valence-electron chi connectivity index (χ3n) is 3.71. The van der Waals surface area contributed by atoms with Crippen LogP contribution in [0.5, 0.6) is 5.75 Å². The van der Waals surface area contributed by atoms with Gasteiger partial charge in [0.25, 0.3) is 0 Å². The topological polar surface area (TPSA) is 50.4 Å². The molecular formula is C14H16O3. The lowest BCUT2D eigenvalue weighted by atomic mass is 9.92. The zero-order valence-corrected chi connectivity index (χ0v) is 10.8. The fourth-order valence-electron chi connectivity index (χ4n) is 2.28. The van der Waals surface area contributed by atoms with Crippen LogP contribution in [0, 0.1) is 34.6 Å². The van der Waals surface area contributed by atoms with Crippen LogP contribution in [0.2, 0.25) is 0 Å². The minimum atomic E-state index is -0.376. The first-order valence-corrected chi connectivity index (χ1v) is 5.59. The minimum Gasteiger partial charge on any atom is -0.504 e. The summed E-state index contributed by atoms with van der Waals surface area (Å²) < 4.78 is 5.05. The van der Waals surface area contributed by atoms with Gasteiger partial charge in [-0.2, -0.15) is 0 Å². The Bertz CT molecular complexity index is 678. The highest BCUT2D eigenvalue weighted by atomic mass is 16.4. The summed E-state index contributed by atoms with van der Waals surface area (Å²) in [5.41, 5.74) is 3.63. The third-order valence-corrected chi connectivity index (χ3v) is 3.71. The van der Waals surface area contributed by atoms with Gasteiger partial charge >= 0.3 is 5.63 Å². The van der Waals surface area contributed by atoms with E-state index in [1.54, 1.807) is 6.92 Å². The van der Waals surface area contributed by atoms with Gasteiger partial charge in [0.05, 0.1) is 5.39 Å². The number of fused-ring (bicyclic) bond motifs is 1. The van der Waals surface area contributed by atoms with Crippen LogP contribution in [0.3, 0.4) is 0 Å². The van der Waals surface area contributed by atoms with Crippen molar-refractivity contribution in [1.82, 2.24) is 0 Å². The Hall–Kier alpha value is -1.77. The van der Waals surface area contributed by atoms with E-state index in [1.807, 2.05) is 27.7 Å². The first kappa shape index (κ1) is 11.7. The number of hydrogen-bond acceptors (Lipinski definition) is 3. The van der Waals surface area contributed by atoms with Gasteiger partial charge < -0.3 is 9.52 Å². The normalized spacial score (nSPS) is 11.1. The van der Waals surface area contributed by atoms with E-state index in [9.17, 15) is 9.90 Å². The molecule has 1 N–H and O–H groups in total. The van der Waals surface area contributed by atoms with E-state index >= 15 is 0 Å². The molecule has 3 nitrogen and oxygen atoms in total. The molecule has 17 heavy (non-hydrogen) atoms. The number of hydrogen-bond donors (Lipinski definition) is 1. The number of aromatic hydroxyl groups is 1. The summed E-state index contributed by atoms with van der Waals surface area (Å²) in [6.07, 6.45) is 0. The summed E-state index contributed by atoms with van der Waals surface area (Å²) >= 11 is 0. The maximum atomic E-state index is 11.9. The molecule has 0 bridgehead atoms. The predicted octanol–water partition coefficient (Wildman–Crippen LogP) is 3.04. The Morgan fingerprint density at radius 3 is 1.82 bits per heavy atom. The smallest absolute Gasteiger partial charge is 0.344 e. The molecule has 0 unspecified atom stereocenters. The third kappa shape index (κ3) is 1.46. The Balaban J connectivity index is 3.23. The van der Waals surface area contributed by atoms with E-state index in [0.717, 1.165) is 22.3 Å². The lowest BCUT2D eigenvalue weighted by Gasteiger charge is -2.14. The quantitative estimate of drug-likeness (QED) is 0.759. The highest BCUT2D eigenvalue weighted by Crippen LogP contribution is 2.34. The SMILES string of the molecule is Cc1oc(=O)c2c(C)c(C)c(C)c(C)c2c1O. The summed E-state index contributed by atoms with van der Waals surface area (Å²) in [4.78, 5) is 11.9. The monoisotopic (exact) mass is 232 g/mol. The van der Waals surface area contributed by atoms with Gasteiger partial charge in [0.15, 0.2) is 5.75 Å². The van der Waals surface area contributed by atoms with Crippen LogP contribution >= 0.6 is 0 Å². The highest BCUT2D eigenvalue weighted by Gasteiger charge is 2.17. The number of aryl methyl sites for hydroxylation is 3. The summed E-state index contributed by atoms with van der Waals surface area (Å²) in [5.74, 6) is 0.344. The summed E-state index contributed by atoms with van der Waals surface area (Å²) in [7, 11) is 0. The molecule has 0 aliphatic rings. The van der Waals surface area contributed by atoms with Gasteiger partial charge in [0.2, 0.25) is 0 Å². The van der Waals surface area contributed by atoms with E-state index in [-0.39, 0.29) is 17.1 Å². The molecule has 1 aromatic heterocycles. The van der Waals surface area contributed by atoms with Gasteiger partial charge in [0, 0.05) is 5.39 Å². The van der Waals surface area contributed by atoms with Crippen LogP contribution in [0.1, 0.15) is 28.0 Å². The fraction of sp³-hybridized carbons (Fsp3) is 0.357. The van der Waals surface area contributed by atoms with Gasteiger partial charge in [-0.15, -0.1) is 0 Å². The molecule has 0 saturated carbocycles. The Kier molecular flexibility index (Phi) is 2.49. The van der Waals surface area contributed by atoms with E-state index in [1.165, 1.54) is 0 Å². The van der Waals surface area contributed by atoms with Crippen LogP contribution < -0.4 is 5.63 Å². The molecule has 0 spiro atoms. The molecule has 2 aromatic rings. The van der Waals surface area contributed by atoms with E-state index in [0.29, 0.717) is 10.8 Å². The Morgan fingerprint density at radius 2 is 1.29 bits per heavy atom. The average molecular weight is 232 g/mol. The van der Waals surface area contributed by atoms with Crippen molar-refractivity contribution in [1.29, 1.82) is 0 Å². The molecule has 1 heterocycles. The average Bonchev–Trinajstić information content (AvgIpc) is 2.28. The van der Waals surface area contributed by atoms with Crippen molar-refractivity contribution in [2.75, 3.05) is 0 Å². The van der Waals surface area contributed by atoms with Gasteiger partial charge in [0.1, 0.15) is 5.76 Å². The lowest BCUT2D eigenvalue weighted by molar-refractivity contribution is 0.412. The second-order valence-corrected chi connectivity index (χ2v) is 4.54. The molecule has 0 aliphatic heterocycles. The fourth-order valence-corrected chi connectivity index (χ4v) is 2.28. The molecule has 0 aliphatic carbocycles. The number of benzene rings is 1. The van der Waals surface area contributed by atoms with Gasteiger partial charge in [-0.1, -0.05) is 0 Å². The molecular weight excluding hydrogens is 216 g/mol. The molecule has 2 rings (SSSR count). The van der Waals surface area contributed by atoms with Crippen molar-refractivity contribution < 1.29 is 9.52 Å². The molecule has 0 amide bonds. The van der Waals surface area contributed by atoms with Crippen LogP contribution in [0.15, 0.2) is 9.21 Å². The molecule has 0 saturated heterocycles. The summed E-state index contributed by atoms with van der Waals surface area (Å²) in [5, 5.41) is 11.2. The van der Waals surface area contributed by atoms with Crippen LogP contribution in [0.25, 0.3) is 10.8 Å². The Morgan fingerprint density at radius 1 is 0.824 bits per heavy atom. The lowest BCUT2D eigenvalue weighted by Crippen LogP contribution is -2.07. The van der Waals surface area contributed by atoms with Crippen LogP contribution in [0.4, 0.5) is 0 Å². The van der Waals surface area contributed by atoms with Crippen molar-refractivity contribution in [2.24, 2.45) is 0 Å². The first-order valence-electron chi connectivity index (χ1n) is 5.59. The second kappa shape index (κ2) is 3.62. The van der Waals surface area contributed by atoms with E-state index < -0.39 is 0 Å². The van der Waals surface area contributed by atoms with Gasteiger partial charge in [-0.3, -0.25) is 0 Å². The Labute approximate surface area is 99.7 Å². The highest BCUT2D eigenvalue weighted by molar-refractivity contribution is 5.94. The molecule has 0 atom stereocenters. The summed E-state index contributed by atoms with van der Waals surface area (Å²) in [6, 6.07) is 0. The van der Waals surface area contributed by atoms with Crippen molar-refractivity contribution >= 4 is 10.8 Å². The number of rotatable bonds is 0. The maximum absolute atomic E-state index is 11.9. The van der Waals surface area contributed by atoms with Crippen LogP contribution in [-0.2, 0) is 0 Å². The molecule has 3 heteroatoms. The van der Waals surface area contributed by atoms with Crippen molar-refractivity contribution in [2.45, 2.75) is 34.6 Å². The van der Waals surface area contributed by atoms with Crippen LogP contribution in [-0.4, -0.2) is 5.11 Å². The predicted molar refractivity (Wildman–Crippen MR) is 67.8 cm³/mol. The standard InChI is InChI=1S/C14H16O3/c1-6-7(2)9(4)12-11(8(6)3)13(15)10(5)17-14(12)16/h15H,1-5H3.